The van der Waals surface area contributed by atoms with E-state index in [1.807, 2.05) is 66.1 Å². The van der Waals surface area contributed by atoms with E-state index in [9.17, 15) is 4.79 Å². The Labute approximate surface area is 206 Å². The normalized spacial score (nSPS) is 10.8. The molecule has 2 aromatic heterocycles. The van der Waals surface area contributed by atoms with Crippen molar-refractivity contribution in [3.63, 3.8) is 0 Å². The summed E-state index contributed by atoms with van der Waals surface area (Å²) >= 11 is 7.82. The average Bonchev–Trinajstić information content (AvgIpc) is 3.25. The van der Waals surface area contributed by atoms with Crippen molar-refractivity contribution < 1.29 is 9.53 Å². The van der Waals surface area contributed by atoms with E-state index in [-0.39, 0.29) is 12.2 Å². The van der Waals surface area contributed by atoms with Gasteiger partial charge in [-0.15, -0.1) is 10.2 Å². The van der Waals surface area contributed by atoms with Crippen LogP contribution in [-0.4, -0.2) is 37.3 Å². The van der Waals surface area contributed by atoms with Gasteiger partial charge in [-0.3, -0.25) is 4.57 Å². The summed E-state index contributed by atoms with van der Waals surface area (Å²) in [6, 6.07) is 17.2. The van der Waals surface area contributed by atoms with Crippen molar-refractivity contribution >= 4 is 41.1 Å². The van der Waals surface area contributed by atoms with Crippen molar-refractivity contribution in [3.05, 3.63) is 76.9 Å². The Morgan fingerprint density at radius 1 is 1.09 bits per heavy atom. The Morgan fingerprint density at radius 3 is 2.59 bits per heavy atom. The molecule has 0 unspecified atom stereocenters. The van der Waals surface area contributed by atoms with Crippen molar-refractivity contribution in [2.75, 3.05) is 11.9 Å². The third kappa shape index (κ3) is 5.37. The summed E-state index contributed by atoms with van der Waals surface area (Å²) in [5, 5.41) is 13.2. The van der Waals surface area contributed by atoms with Crippen LogP contribution < -0.4 is 5.32 Å². The van der Waals surface area contributed by atoms with Crippen LogP contribution in [0, 0.1) is 0 Å². The molecule has 0 fully saturated rings. The summed E-state index contributed by atoms with van der Waals surface area (Å²) in [7, 11) is 0. The van der Waals surface area contributed by atoms with E-state index in [0.29, 0.717) is 34.9 Å². The molecule has 0 aliphatic heterocycles. The molecule has 0 saturated heterocycles. The summed E-state index contributed by atoms with van der Waals surface area (Å²) in [5.74, 6) is 1.38. The Kier molecular flexibility index (Phi) is 7.76. The van der Waals surface area contributed by atoms with E-state index in [0.717, 1.165) is 16.3 Å². The monoisotopic (exact) mass is 494 g/mol. The molecule has 0 radical (unpaired) electrons. The van der Waals surface area contributed by atoms with E-state index in [1.54, 1.807) is 6.92 Å². The van der Waals surface area contributed by atoms with Gasteiger partial charge in [-0.25, -0.2) is 14.8 Å². The Hall–Kier alpha value is -3.43. The van der Waals surface area contributed by atoms with Gasteiger partial charge in [-0.05, 0) is 25.5 Å². The summed E-state index contributed by atoms with van der Waals surface area (Å²) in [5.41, 5.74) is 2.06. The number of thioether (sulfide) groups is 1. The van der Waals surface area contributed by atoms with Gasteiger partial charge in [0.05, 0.1) is 6.61 Å². The number of aromatic nitrogens is 5. The Morgan fingerprint density at radius 2 is 1.85 bits per heavy atom. The van der Waals surface area contributed by atoms with E-state index < -0.39 is 5.97 Å². The third-order valence-electron chi connectivity index (χ3n) is 4.89. The van der Waals surface area contributed by atoms with E-state index in [1.165, 1.54) is 18.0 Å². The lowest BCUT2D eigenvalue weighted by Crippen LogP contribution is -2.13. The smallest absolute Gasteiger partial charge is 0.343 e. The van der Waals surface area contributed by atoms with Crippen molar-refractivity contribution in [1.82, 2.24) is 24.7 Å². The van der Waals surface area contributed by atoms with Crippen LogP contribution in [0.1, 0.15) is 29.8 Å². The van der Waals surface area contributed by atoms with Gasteiger partial charge >= 0.3 is 5.97 Å². The quantitative estimate of drug-likeness (QED) is 0.236. The molecule has 8 nitrogen and oxygen atoms in total. The van der Waals surface area contributed by atoms with Crippen LogP contribution in [0.15, 0.2) is 66.0 Å². The number of ether oxygens (including phenoxy) is 1. The molecule has 0 saturated carbocycles. The maximum atomic E-state index is 12.6. The second-order valence-electron chi connectivity index (χ2n) is 7.10. The molecule has 1 N–H and O–H groups in total. The van der Waals surface area contributed by atoms with Crippen LogP contribution in [0.25, 0.3) is 11.4 Å². The molecule has 0 spiro atoms. The zero-order chi connectivity index (χ0) is 23.9. The molecule has 2 aromatic carbocycles. The molecule has 174 valence electrons. The number of benzene rings is 2. The van der Waals surface area contributed by atoms with Crippen LogP contribution in [0.3, 0.4) is 0 Å². The summed E-state index contributed by atoms with van der Waals surface area (Å²) in [6.45, 7) is 4.61. The van der Waals surface area contributed by atoms with Gasteiger partial charge in [0.2, 0.25) is 5.95 Å². The number of anilines is 2. The molecule has 0 aliphatic rings. The summed E-state index contributed by atoms with van der Waals surface area (Å²) < 4.78 is 7.11. The van der Waals surface area contributed by atoms with Crippen LogP contribution >= 0.6 is 23.4 Å². The zero-order valence-corrected chi connectivity index (χ0v) is 20.3. The third-order valence-corrected chi connectivity index (χ3v) is 6.28. The number of halogens is 1. The van der Waals surface area contributed by atoms with Gasteiger partial charge in [-0.2, -0.15) is 0 Å². The second-order valence-corrected chi connectivity index (χ2v) is 8.45. The number of hydrogen-bond acceptors (Lipinski definition) is 8. The fourth-order valence-corrected chi connectivity index (χ4v) is 4.49. The zero-order valence-electron chi connectivity index (χ0n) is 18.7. The number of nitrogens with one attached hydrogen (secondary N) is 1. The van der Waals surface area contributed by atoms with Crippen molar-refractivity contribution in [2.45, 2.75) is 31.3 Å². The number of esters is 1. The van der Waals surface area contributed by atoms with Gasteiger partial charge in [0.1, 0.15) is 5.56 Å². The van der Waals surface area contributed by atoms with E-state index in [4.69, 9.17) is 16.3 Å². The first-order valence-electron chi connectivity index (χ1n) is 10.8. The maximum absolute atomic E-state index is 12.6. The fourth-order valence-electron chi connectivity index (χ4n) is 3.20. The molecular weight excluding hydrogens is 472 g/mol. The van der Waals surface area contributed by atoms with Gasteiger partial charge in [0, 0.05) is 29.1 Å². The van der Waals surface area contributed by atoms with Crippen LogP contribution in [0.5, 0.6) is 0 Å². The van der Waals surface area contributed by atoms with Crippen molar-refractivity contribution in [1.29, 1.82) is 0 Å². The highest BCUT2D eigenvalue weighted by Crippen LogP contribution is 2.29. The van der Waals surface area contributed by atoms with Gasteiger partial charge in [0.25, 0.3) is 0 Å². The first kappa shape index (κ1) is 23.7. The number of hydrogen-bond donors (Lipinski definition) is 1. The molecule has 4 rings (SSSR count). The minimum Gasteiger partial charge on any atom is -0.462 e. The van der Waals surface area contributed by atoms with Crippen LogP contribution in [0.4, 0.5) is 11.8 Å². The standard InChI is InChI=1S/C24H23ClN6O2S/c1-3-31-23(29-30-24(31)34-15-17-12-8-9-13-19(17)25)28-21-18(22(32)33-4-2)14-26-20(27-21)16-10-6-5-7-11-16/h5-14H,3-4,15H2,1-2H3,(H,26,27,28,29). The first-order valence-corrected chi connectivity index (χ1v) is 12.1. The van der Waals surface area contributed by atoms with Crippen LogP contribution in [0.2, 0.25) is 5.02 Å². The molecule has 10 heteroatoms. The number of carbonyl (C=O) groups excluding carboxylic acids is 1. The van der Waals surface area contributed by atoms with E-state index in [2.05, 4.69) is 25.5 Å². The Balaban J connectivity index is 1.64. The molecule has 0 amide bonds. The molecule has 2 heterocycles. The maximum Gasteiger partial charge on any atom is 0.343 e. The molecule has 34 heavy (non-hydrogen) atoms. The molecular formula is C24H23ClN6O2S. The second kappa shape index (κ2) is 11.1. The van der Waals surface area contributed by atoms with Gasteiger partial charge in [-0.1, -0.05) is 71.9 Å². The molecule has 4 aromatic rings. The minimum atomic E-state index is -0.513. The highest BCUT2D eigenvalue weighted by molar-refractivity contribution is 7.98. The van der Waals surface area contributed by atoms with Gasteiger partial charge < -0.3 is 10.1 Å². The lowest BCUT2D eigenvalue weighted by molar-refractivity contribution is 0.0526. The summed E-state index contributed by atoms with van der Waals surface area (Å²) in [4.78, 5) is 21.5. The summed E-state index contributed by atoms with van der Waals surface area (Å²) in [6.07, 6.45) is 1.47. The van der Waals surface area contributed by atoms with E-state index >= 15 is 0 Å². The predicted octanol–water partition coefficient (Wildman–Crippen LogP) is 5.62. The fraction of sp³-hybridized carbons (Fsp3) is 0.208. The first-order chi connectivity index (χ1) is 16.6. The highest BCUT2D eigenvalue weighted by Gasteiger charge is 2.20. The minimum absolute atomic E-state index is 0.220. The molecule has 0 atom stereocenters. The number of carbonyl (C=O) groups is 1. The van der Waals surface area contributed by atoms with Crippen LogP contribution in [-0.2, 0) is 17.0 Å². The number of rotatable bonds is 9. The number of nitrogens with zero attached hydrogens (tertiary/aromatic N) is 5. The molecule has 0 bridgehead atoms. The van der Waals surface area contributed by atoms with Crippen molar-refractivity contribution in [2.24, 2.45) is 0 Å². The lowest BCUT2D eigenvalue weighted by Gasteiger charge is -2.12. The van der Waals surface area contributed by atoms with Gasteiger partial charge in [0.15, 0.2) is 16.8 Å². The lowest BCUT2D eigenvalue weighted by atomic mass is 10.2. The highest BCUT2D eigenvalue weighted by atomic mass is 35.5. The molecule has 0 aliphatic carbocycles. The SMILES string of the molecule is CCOC(=O)c1cnc(-c2ccccc2)nc1Nc1nnc(SCc2ccccc2Cl)n1CC. The largest absolute Gasteiger partial charge is 0.462 e. The topological polar surface area (TPSA) is 94.8 Å². The van der Waals surface area contributed by atoms with Crippen molar-refractivity contribution in [3.8, 4) is 11.4 Å². The predicted molar refractivity (Wildman–Crippen MR) is 133 cm³/mol. The Bertz CT molecular complexity index is 1280. The average molecular weight is 495 g/mol.